The number of benzene rings is 3. The van der Waals surface area contributed by atoms with E-state index < -0.39 is 17.1 Å². The maximum absolute atomic E-state index is 12.8. The largest absolute Gasteiger partial charge is 0.505 e. The fourth-order valence-electron chi connectivity index (χ4n) is 3.55. The van der Waals surface area contributed by atoms with Gasteiger partial charge >= 0.3 is 5.97 Å². The number of rotatable bonds is 2. The van der Waals surface area contributed by atoms with Gasteiger partial charge in [-0.2, -0.15) is 0 Å². The average Bonchev–Trinajstić information content (AvgIpc) is 2.77. The van der Waals surface area contributed by atoms with Gasteiger partial charge in [0.2, 0.25) is 5.43 Å². The molecule has 0 unspecified atom stereocenters. The Hall–Kier alpha value is -1.86. The minimum absolute atomic E-state index is 0.0534. The predicted octanol–water partition coefficient (Wildman–Crippen LogP) is 8.29. The van der Waals surface area contributed by atoms with E-state index in [2.05, 4.69) is 0 Å². The van der Waals surface area contributed by atoms with Crippen molar-refractivity contribution in [3.63, 3.8) is 0 Å². The molecule has 33 heavy (non-hydrogen) atoms. The highest BCUT2D eigenvalue weighted by Gasteiger charge is 2.31. The zero-order valence-electron chi connectivity index (χ0n) is 16.6. The van der Waals surface area contributed by atoms with Crippen LogP contribution in [0.2, 0.25) is 30.1 Å². The lowest BCUT2D eigenvalue weighted by Crippen LogP contribution is -2.09. The standard InChI is InChI=1S/C22H10Cl6O5/c1-6-3-9(23)13(22(31)32-2)14(15(6)26)12-7-4-10(24)18(29)16(27)20(7)33-21-8(12)5-11(25)19(30)17(21)28/h3-5,29H,1-2H3. The summed E-state index contributed by atoms with van der Waals surface area (Å²) in [6.45, 7) is 1.69. The number of aromatic hydroxyl groups is 1. The third kappa shape index (κ3) is 3.72. The molecule has 0 saturated heterocycles. The maximum Gasteiger partial charge on any atom is 0.340 e. The van der Waals surface area contributed by atoms with E-state index in [9.17, 15) is 14.7 Å². The van der Waals surface area contributed by atoms with Gasteiger partial charge in [-0.3, -0.25) is 4.79 Å². The van der Waals surface area contributed by atoms with Gasteiger partial charge < -0.3 is 14.3 Å². The second kappa shape index (κ2) is 8.73. The van der Waals surface area contributed by atoms with Crippen LogP contribution in [0.4, 0.5) is 0 Å². The molecular formula is C22H10Cl6O5. The fraction of sp³-hybridized carbons (Fsp3) is 0.0909. The number of fused-ring (bicyclic) bond motifs is 2. The van der Waals surface area contributed by atoms with Gasteiger partial charge in [-0.15, -0.1) is 0 Å². The molecule has 1 aliphatic carbocycles. The quantitative estimate of drug-likeness (QED) is 0.195. The maximum atomic E-state index is 12.8. The summed E-state index contributed by atoms with van der Waals surface area (Å²) in [7, 11) is 1.19. The minimum Gasteiger partial charge on any atom is -0.505 e. The Labute approximate surface area is 216 Å². The van der Waals surface area contributed by atoms with Crippen molar-refractivity contribution in [3.05, 3.63) is 69.7 Å². The molecule has 0 amide bonds. The molecule has 0 saturated carbocycles. The molecule has 0 fully saturated rings. The van der Waals surface area contributed by atoms with Crippen molar-refractivity contribution in [1.29, 1.82) is 0 Å². The molecule has 2 aliphatic rings. The molecule has 11 heteroatoms. The topological polar surface area (TPSA) is 76.7 Å². The number of aryl methyl sites for hydroxylation is 1. The monoisotopic (exact) mass is 564 g/mol. The Morgan fingerprint density at radius 3 is 2.21 bits per heavy atom. The lowest BCUT2D eigenvalue weighted by molar-refractivity contribution is 0.0602. The predicted molar refractivity (Wildman–Crippen MR) is 132 cm³/mol. The van der Waals surface area contributed by atoms with Crippen LogP contribution >= 0.6 is 69.6 Å². The van der Waals surface area contributed by atoms with Gasteiger partial charge in [0.25, 0.3) is 0 Å². The van der Waals surface area contributed by atoms with E-state index in [-0.39, 0.29) is 69.1 Å². The van der Waals surface area contributed by atoms with Crippen molar-refractivity contribution in [2.75, 3.05) is 7.11 Å². The van der Waals surface area contributed by atoms with Crippen LogP contribution in [0.25, 0.3) is 33.4 Å². The normalized spacial score (nSPS) is 11.4. The molecule has 1 aliphatic heterocycles. The summed E-state index contributed by atoms with van der Waals surface area (Å²) in [6, 6.07) is 4.21. The zero-order valence-corrected chi connectivity index (χ0v) is 21.1. The first kappa shape index (κ1) is 24.3. The highest BCUT2D eigenvalue weighted by molar-refractivity contribution is 6.43. The van der Waals surface area contributed by atoms with Gasteiger partial charge in [0, 0.05) is 22.1 Å². The molecule has 0 radical (unpaired) electrons. The Kier molecular flexibility index (Phi) is 6.42. The van der Waals surface area contributed by atoms with Gasteiger partial charge in [-0.05, 0) is 30.7 Å². The number of ether oxygens (including phenoxy) is 1. The summed E-state index contributed by atoms with van der Waals surface area (Å²) >= 11 is 38.0. The van der Waals surface area contributed by atoms with Crippen LogP contribution in [0, 0.1) is 6.92 Å². The first-order valence-corrected chi connectivity index (χ1v) is 11.3. The molecule has 2 aromatic carbocycles. The van der Waals surface area contributed by atoms with Crippen LogP contribution in [0.15, 0.2) is 27.4 Å². The number of hydrogen-bond acceptors (Lipinski definition) is 5. The second-order valence-corrected chi connectivity index (χ2v) is 9.34. The van der Waals surface area contributed by atoms with E-state index in [1.165, 1.54) is 25.3 Å². The van der Waals surface area contributed by atoms with Crippen LogP contribution in [0.3, 0.4) is 0 Å². The molecule has 170 valence electrons. The summed E-state index contributed by atoms with van der Waals surface area (Å²) in [5.74, 6) is -1.32. The third-order valence-electron chi connectivity index (χ3n) is 5.06. The van der Waals surface area contributed by atoms with E-state index in [1.807, 2.05) is 0 Å². The van der Waals surface area contributed by atoms with Crippen molar-refractivity contribution in [2.45, 2.75) is 6.92 Å². The number of hydrogen-bond donors (Lipinski definition) is 1. The molecule has 1 heterocycles. The molecule has 1 N–H and O–H groups in total. The minimum atomic E-state index is -0.771. The lowest BCUT2D eigenvalue weighted by atomic mass is 9.89. The molecule has 5 nitrogen and oxygen atoms in total. The van der Waals surface area contributed by atoms with Crippen molar-refractivity contribution in [3.8, 4) is 28.2 Å². The number of phenols is 1. The summed E-state index contributed by atoms with van der Waals surface area (Å²) in [5, 5.41) is 9.86. The molecule has 0 spiro atoms. The SMILES string of the molecule is COC(=O)c1c(Cl)cc(C)c(Cl)c1-c1c2cc(Cl)c(=O)c(Cl)c-2oc2c(Cl)c(O)c(Cl)cc12. The Morgan fingerprint density at radius 2 is 1.58 bits per heavy atom. The molecule has 0 bridgehead atoms. The fourth-order valence-corrected chi connectivity index (χ4v) is 5.12. The first-order valence-electron chi connectivity index (χ1n) is 9.02. The van der Waals surface area contributed by atoms with Gasteiger partial charge in [0.15, 0.2) is 17.1 Å². The number of methoxy groups -OCH3 is 1. The number of esters is 1. The van der Waals surface area contributed by atoms with E-state index in [1.54, 1.807) is 6.92 Å². The number of halogens is 6. The van der Waals surface area contributed by atoms with Crippen LogP contribution < -0.4 is 5.43 Å². The van der Waals surface area contributed by atoms with Crippen LogP contribution in [0.5, 0.6) is 5.75 Å². The van der Waals surface area contributed by atoms with Gasteiger partial charge in [0.1, 0.15) is 10.0 Å². The Morgan fingerprint density at radius 1 is 0.909 bits per heavy atom. The summed E-state index contributed by atoms with van der Waals surface area (Å²) in [5.41, 5.74) is 0.369. The zero-order chi connectivity index (χ0) is 24.4. The number of carbonyl (C=O) groups excluding carboxylic acids is 1. The van der Waals surface area contributed by atoms with Crippen molar-refractivity contribution in [1.82, 2.24) is 0 Å². The molecule has 0 atom stereocenters. The van der Waals surface area contributed by atoms with Crippen LogP contribution in [0.1, 0.15) is 15.9 Å². The van der Waals surface area contributed by atoms with Crippen molar-refractivity contribution < 1.29 is 19.1 Å². The van der Waals surface area contributed by atoms with Crippen molar-refractivity contribution in [2.24, 2.45) is 0 Å². The molecular weight excluding hydrogens is 557 g/mol. The summed E-state index contributed by atoms with van der Waals surface area (Å²) < 4.78 is 10.8. The smallest absolute Gasteiger partial charge is 0.340 e. The third-order valence-corrected chi connectivity index (χ3v) is 7.11. The Bertz CT molecular complexity index is 1530. The highest BCUT2D eigenvalue weighted by atomic mass is 35.5. The average molecular weight is 567 g/mol. The summed E-state index contributed by atoms with van der Waals surface area (Å²) in [6.07, 6.45) is 0. The van der Waals surface area contributed by atoms with Gasteiger partial charge in [-0.25, -0.2) is 4.79 Å². The first-order chi connectivity index (χ1) is 15.5. The van der Waals surface area contributed by atoms with E-state index in [0.29, 0.717) is 5.56 Å². The van der Waals surface area contributed by atoms with Crippen LogP contribution in [-0.2, 0) is 4.74 Å². The van der Waals surface area contributed by atoms with E-state index in [4.69, 9.17) is 78.8 Å². The molecule has 4 rings (SSSR count). The van der Waals surface area contributed by atoms with Crippen LogP contribution in [-0.4, -0.2) is 18.2 Å². The lowest BCUT2D eigenvalue weighted by Gasteiger charge is -2.21. The van der Waals surface area contributed by atoms with E-state index >= 15 is 0 Å². The molecule has 2 aromatic rings. The number of carbonyl (C=O) groups is 1. The number of phenolic OH excluding ortho intramolecular Hbond substituents is 1. The Balaban J connectivity index is 2.40. The highest BCUT2D eigenvalue weighted by Crippen LogP contribution is 2.51. The molecule has 0 aromatic heterocycles. The van der Waals surface area contributed by atoms with Crippen molar-refractivity contribution >= 4 is 86.5 Å². The van der Waals surface area contributed by atoms with Gasteiger partial charge in [0.05, 0.1) is 32.8 Å². The second-order valence-electron chi connectivity index (χ2n) is 6.98. The van der Waals surface area contributed by atoms with Gasteiger partial charge in [-0.1, -0.05) is 69.6 Å². The summed E-state index contributed by atoms with van der Waals surface area (Å²) in [4.78, 5) is 25.2. The van der Waals surface area contributed by atoms with E-state index in [0.717, 1.165) is 0 Å².